The second kappa shape index (κ2) is 12.7. The number of nitrogens with one attached hydrogen (secondary N) is 2. The van der Waals surface area contributed by atoms with E-state index in [1.165, 1.54) is 0 Å². The number of anilines is 2. The maximum Gasteiger partial charge on any atom is 0.408 e. The van der Waals surface area contributed by atoms with Crippen LogP contribution in [0.25, 0.3) is 22.3 Å². The molecule has 2 N–H and O–H groups in total. The molecule has 1 unspecified atom stereocenters. The molecule has 0 saturated carbocycles. The Balaban J connectivity index is 1.44. The summed E-state index contributed by atoms with van der Waals surface area (Å²) in [6, 6.07) is 8.70. The van der Waals surface area contributed by atoms with Crippen molar-refractivity contribution in [3.63, 3.8) is 0 Å². The SMILES string of the molecule is C[Si](C)(C)CCOCn1c(-c2ccc(N[C@H](C3CCCNC3)C(F)(F)F)cc2)cc2c(N3CCOCC3)ncnc21. The van der Waals surface area contributed by atoms with Gasteiger partial charge in [0.25, 0.3) is 0 Å². The van der Waals surface area contributed by atoms with Crippen molar-refractivity contribution in [3.8, 4) is 11.3 Å². The third-order valence-corrected chi connectivity index (χ3v) is 9.56. The van der Waals surface area contributed by atoms with Gasteiger partial charge in [-0.3, -0.25) is 0 Å². The Labute approximate surface area is 240 Å². The number of rotatable bonds is 10. The van der Waals surface area contributed by atoms with Gasteiger partial charge >= 0.3 is 6.18 Å². The predicted octanol–water partition coefficient (Wildman–Crippen LogP) is 5.59. The molecule has 2 saturated heterocycles. The zero-order valence-corrected chi connectivity index (χ0v) is 25.1. The van der Waals surface area contributed by atoms with E-state index in [-0.39, 0.29) is 0 Å². The van der Waals surface area contributed by atoms with Crippen LogP contribution >= 0.6 is 0 Å². The van der Waals surface area contributed by atoms with Crippen LogP contribution in [0.1, 0.15) is 12.8 Å². The van der Waals surface area contributed by atoms with Gasteiger partial charge in [0.05, 0.1) is 24.3 Å². The Morgan fingerprint density at radius 3 is 2.56 bits per heavy atom. The second-order valence-electron chi connectivity index (χ2n) is 12.2. The van der Waals surface area contributed by atoms with Gasteiger partial charge in [-0.05, 0) is 49.2 Å². The number of alkyl halides is 3. The molecule has 3 aromatic rings. The van der Waals surface area contributed by atoms with Gasteiger partial charge in [-0.1, -0.05) is 31.8 Å². The molecule has 0 spiro atoms. The molecular formula is C29H41F3N6O2Si. The Morgan fingerprint density at radius 1 is 1.15 bits per heavy atom. The van der Waals surface area contributed by atoms with Gasteiger partial charge in [-0.15, -0.1) is 0 Å². The lowest BCUT2D eigenvalue weighted by Crippen LogP contribution is -2.48. The maximum absolute atomic E-state index is 14.0. The molecule has 8 nitrogen and oxygen atoms in total. The van der Waals surface area contributed by atoms with Crippen LogP contribution in [0.4, 0.5) is 24.7 Å². The third kappa shape index (κ3) is 7.40. The smallest absolute Gasteiger partial charge is 0.378 e. The number of piperidine rings is 1. The van der Waals surface area contributed by atoms with Crippen molar-refractivity contribution in [3.05, 3.63) is 36.7 Å². The van der Waals surface area contributed by atoms with E-state index in [9.17, 15) is 13.2 Å². The van der Waals surface area contributed by atoms with Crippen molar-refractivity contribution >= 4 is 30.6 Å². The molecule has 0 aliphatic carbocycles. The lowest BCUT2D eigenvalue weighted by Gasteiger charge is -2.33. The van der Waals surface area contributed by atoms with Crippen molar-refractivity contribution < 1.29 is 22.6 Å². The first kappa shape index (κ1) is 29.8. The summed E-state index contributed by atoms with van der Waals surface area (Å²) in [5.41, 5.74) is 2.98. The van der Waals surface area contributed by atoms with E-state index in [1.807, 2.05) is 16.7 Å². The van der Waals surface area contributed by atoms with Gasteiger partial charge in [0.2, 0.25) is 0 Å². The van der Waals surface area contributed by atoms with Crippen LogP contribution < -0.4 is 15.5 Å². The lowest BCUT2D eigenvalue weighted by molar-refractivity contribution is -0.154. The number of nitrogens with zero attached hydrogens (tertiary/aromatic N) is 4. The van der Waals surface area contributed by atoms with E-state index < -0.39 is 26.2 Å². The number of benzene rings is 1. The average molecular weight is 591 g/mol. The number of fused-ring (bicyclic) bond motifs is 1. The highest BCUT2D eigenvalue weighted by Crippen LogP contribution is 2.35. The van der Waals surface area contributed by atoms with Crippen molar-refractivity contribution in [1.29, 1.82) is 0 Å². The predicted molar refractivity (Wildman–Crippen MR) is 159 cm³/mol. The van der Waals surface area contributed by atoms with E-state index in [1.54, 1.807) is 18.5 Å². The summed E-state index contributed by atoms with van der Waals surface area (Å²) >= 11 is 0. The first-order valence-corrected chi connectivity index (χ1v) is 18.2. The first-order chi connectivity index (χ1) is 19.6. The summed E-state index contributed by atoms with van der Waals surface area (Å²) in [6.45, 7) is 11.8. The fourth-order valence-electron chi connectivity index (χ4n) is 5.53. The molecule has 224 valence electrons. The van der Waals surface area contributed by atoms with Gasteiger partial charge in [0.15, 0.2) is 0 Å². The van der Waals surface area contributed by atoms with Crippen molar-refractivity contribution in [2.45, 2.75) is 57.5 Å². The number of hydrogen-bond acceptors (Lipinski definition) is 7. The summed E-state index contributed by atoms with van der Waals surface area (Å²) in [5, 5.41) is 6.81. The summed E-state index contributed by atoms with van der Waals surface area (Å²) < 4.78 is 55.7. The van der Waals surface area contributed by atoms with Gasteiger partial charge in [-0.25, -0.2) is 9.97 Å². The van der Waals surface area contributed by atoms with Gasteiger partial charge < -0.3 is 29.6 Å². The number of hydrogen-bond donors (Lipinski definition) is 2. The molecule has 2 aliphatic rings. The fraction of sp³-hybridized carbons (Fsp3) is 0.586. The Hall–Kier alpha value is -2.67. The average Bonchev–Trinajstić information content (AvgIpc) is 3.33. The highest BCUT2D eigenvalue weighted by molar-refractivity contribution is 6.76. The minimum atomic E-state index is -4.34. The van der Waals surface area contributed by atoms with Crippen molar-refractivity contribution in [2.75, 3.05) is 56.2 Å². The molecule has 2 atom stereocenters. The van der Waals surface area contributed by atoms with Crippen LogP contribution in [0, 0.1) is 5.92 Å². The maximum atomic E-state index is 14.0. The molecule has 2 aliphatic heterocycles. The van der Waals surface area contributed by atoms with Crippen LogP contribution in [-0.4, -0.2) is 80.8 Å². The largest absolute Gasteiger partial charge is 0.408 e. The van der Waals surface area contributed by atoms with E-state index >= 15 is 0 Å². The Morgan fingerprint density at radius 2 is 1.90 bits per heavy atom. The molecule has 0 bridgehead atoms. The topological polar surface area (TPSA) is 76.5 Å². The van der Waals surface area contributed by atoms with E-state index in [0.717, 1.165) is 60.2 Å². The summed E-state index contributed by atoms with van der Waals surface area (Å²) in [7, 11) is -1.26. The molecular weight excluding hydrogens is 549 g/mol. The number of ether oxygens (including phenoxy) is 2. The lowest BCUT2D eigenvalue weighted by atomic mass is 9.91. The van der Waals surface area contributed by atoms with Gasteiger partial charge in [0, 0.05) is 45.9 Å². The van der Waals surface area contributed by atoms with Crippen LogP contribution in [0.15, 0.2) is 36.7 Å². The first-order valence-electron chi connectivity index (χ1n) is 14.5. The Kier molecular flexibility index (Phi) is 9.22. The Bertz CT molecular complexity index is 1280. The van der Waals surface area contributed by atoms with Crippen molar-refractivity contribution in [1.82, 2.24) is 19.9 Å². The van der Waals surface area contributed by atoms with Gasteiger partial charge in [-0.2, -0.15) is 13.2 Å². The zero-order chi connectivity index (χ0) is 29.0. The highest BCUT2D eigenvalue weighted by Gasteiger charge is 2.44. The molecule has 1 aromatic carbocycles. The van der Waals surface area contributed by atoms with Crippen LogP contribution in [0.5, 0.6) is 0 Å². The van der Waals surface area contributed by atoms with E-state index in [0.29, 0.717) is 45.2 Å². The second-order valence-corrected chi connectivity index (χ2v) is 17.8. The molecule has 2 aromatic heterocycles. The molecule has 0 radical (unpaired) electrons. The highest BCUT2D eigenvalue weighted by atomic mass is 28.3. The number of morpholine rings is 1. The number of halogens is 3. The molecule has 41 heavy (non-hydrogen) atoms. The summed E-state index contributed by atoms with van der Waals surface area (Å²) in [4.78, 5) is 11.4. The van der Waals surface area contributed by atoms with Crippen LogP contribution in [0.2, 0.25) is 25.7 Å². The molecule has 12 heteroatoms. The monoisotopic (exact) mass is 590 g/mol. The third-order valence-electron chi connectivity index (χ3n) is 7.86. The van der Waals surface area contributed by atoms with Crippen LogP contribution in [-0.2, 0) is 16.2 Å². The fourth-order valence-corrected chi connectivity index (χ4v) is 6.29. The minimum Gasteiger partial charge on any atom is -0.378 e. The minimum absolute atomic E-state index is 0.327. The molecule has 0 amide bonds. The zero-order valence-electron chi connectivity index (χ0n) is 24.1. The molecule has 2 fully saturated rings. The van der Waals surface area contributed by atoms with E-state index in [2.05, 4.69) is 51.2 Å². The summed E-state index contributed by atoms with van der Waals surface area (Å²) in [6.07, 6.45) is -1.46. The molecule has 5 rings (SSSR count). The standard InChI is InChI=1S/C29H41F3N6O2Si/c1-41(2,3)16-15-40-20-38-25(17-24-27(34-19-35-28(24)38)37-11-13-39-14-12-37)21-6-8-23(9-7-21)36-26(29(30,31)32)22-5-4-10-33-18-22/h6-9,17,19,22,26,33,36H,4-5,10-16,18,20H2,1-3H3/t22?,26-/m1/s1. The van der Waals surface area contributed by atoms with Gasteiger partial charge in [0.1, 0.15) is 30.6 Å². The normalized spacial score (nSPS) is 19.5. The summed E-state index contributed by atoms with van der Waals surface area (Å²) in [5.74, 6) is 0.351. The molecule has 4 heterocycles. The van der Waals surface area contributed by atoms with E-state index in [4.69, 9.17) is 9.47 Å². The van der Waals surface area contributed by atoms with Crippen LogP contribution in [0.3, 0.4) is 0 Å². The quantitative estimate of drug-likeness (QED) is 0.236. The number of aromatic nitrogens is 3. The van der Waals surface area contributed by atoms with Crippen molar-refractivity contribution in [2.24, 2.45) is 5.92 Å².